The summed E-state index contributed by atoms with van der Waals surface area (Å²) in [5.74, 6) is 0. The van der Waals surface area contributed by atoms with Crippen molar-refractivity contribution in [2.75, 3.05) is 0 Å². The van der Waals surface area contributed by atoms with E-state index in [9.17, 15) is 0 Å². The van der Waals surface area contributed by atoms with Crippen LogP contribution in [0.5, 0.6) is 0 Å². The summed E-state index contributed by atoms with van der Waals surface area (Å²) in [6.07, 6.45) is 125. The van der Waals surface area contributed by atoms with Crippen LogP contribution in [0.15, 0.2) is 0 Å². The molecule has 4 nitrogen and oxygen atoms in total. The molecule has 0 fully saturated rings. The van der Waals surface area contributed by atoms with E-state index in [0.717, 1.165) is 57.8 Å². The summed E-state index contributed by atoms with van der Waals surface area (Å²) < 4.78 is 31.6. The monoisotopic (exact) mass is 1630 g/mol. The van der Waals surface area contributed by atoms with Gasteiger partial charge in [0.2, 0.25) is 0 Å². The maximum absolute atomic E-state index is 8.74. The van der Waals surface area contributed by atoms with Crippen molar-refractivity contribution in [1.29, 1.82) is 0 Å². The van der Waals surface area contributed by atoms with Crippen LogP contribution in [0.1, 0.15) is 640 Å². The molecule has 0 spiro atoms. The molecule has 0 saturated heterocycles. The second-order valence-corrected chi connectivity index (χ2v) is 34.5. The Labute approximate surface area is 744 Å². The summed E-state index contributed by atoms with van der Waals surface area (Å²) >= 11 is 0. The molecule has 0 heterocycles. The van der Waals surface area contributed by atoms with Gasteiger partial charge in [-0.25, -0.2) is 0 Å². The van der Waals surface area contributed by atoms with Gasteiger partial charge in [0.1, 0.15) is 0 Å². The first-order chi connectivity index (χ1) is 55.2. The van der Waals surface area contributed by atoms with Gasteiger partial charge in [0.05, 0.1) is 0 Å². The largest absolute Gasteiger partial charge is 1.00 e. The summed E-state index contributed by atoms with van der Waals surface area (Å²) in [4.78, 5) is 0. The van der Waals surface area contributed by atoms with Gasteiger partial charge in [0.25, 0.3) is 0 Å². The number of hydrogen-bond donors (Lipinski definition) is 2. The Morgan fingerprint density at radius 2 is 0.175 bits per heavy atom. The minimum Gasteiger partial charge on any atom is -0.343 e. The second-order valence-electron chi connectivity index (χ2n) is 33.6. The molecular formula is C108H227LiO4S-8. The molecule has 0 amide bonds. The van der Waals surface area contributed by atoms with Crippen LogP contribution < -0.4 is 18.9 Å². The quantitative estimate of drug-likeness (QED) is 0.0275. The molecule has 0 aromatic carbocycles. The summed E-state index contributed by atoms with van der Waals surface area (Å²) in [6.45, 7) is 55.0. The summed E-state index contributed by atoms with van der Waals surface area (Å²) in [7, 11) is -4.67. The van der Waals surface area contributed by atoms with Gasteiger partial charge in [0.15, 0.2) is 0 Å². The third-order valence-corrected chi connectivity index (χ3v) is 21.2. The third kappa shape index (κ3) is 211. The van der Waals surface area contributed by atoms with Crippen LogP contribution in [-0.2, 0) is 10.4 Å². The predicted octanol–water partition coefficient (Wildman–Crippen LogP) is 39.0. The van der Waals surface area contributed by atoms with Gasteiger partial charge in [-0.15, -0.1) is 0 Å². The third-order valence-electron chi connectivity index (χ3n) is 21.2. The zero-order valence-electron chi connectivity index (χ0n) is 82.1. The predicted molar refractivity (Wildman–Crippen MR) is 529 cm³/mol. The van der Waals surface area contributed by atoms with Crippen molar-refractivity contribution in [3.05, 3.63) is 62.3 Å². The molecule has 0 unspecified atom stereocenters. The molecule has 0 rings (SSSR count). The van der Waals surface area contributed by atoms with E-state index in [1.54, 1.807) is 0 Å². The van der Waals surface area contributed by atoms with Crippen molar-refractivity contribution in [3.63, 3.8) is 0 Å². The van der Waals surface area contributed by atoms with Crippen LogP contribution in [0.4, 0.5) is 0 Å². The molecule has 2 N–H and O–H groups in total. The average molecular weight is 1630 g/mol. The van der Waals surface area contributed by atoms with Crippen molar-refractivity contribution < 1.29 is 36.4 Å². The molecule has 0 atom stereocenters. The Bertz CT molecular complexity index is 1040. The first kappa shape index (κ1) is 138. The van der Waals surface area contributed by atoms with Crippen molar-refractivity contribution in [2.45, 2.75) is 640 Å². The Morgan fingerprint density at radius 3 is 0.219 bits per heavy atom. The van der Waals surface area contributed by atoms with E-state index in [1.165, 1.54) is 520 Å². The van der Waals surface area contributed by atoms with Crippen molar-refractivity contribution in [3.8, 4) is 0 Å². The molecule has 0 saturated carbocycles. The van der Waals surface area contributed by atoms with Gasteiger partial charge >= 0.3 is 29.3 Å². The average Bonchev–Trinajstić information content (AvgIpc) is 1.92. The fourth-order valence-electron chi connectivity index (χ4n) is 13.4. The first-order valence-electron chi connectivity index (χ1n) is 52.1. The van der Waals surface area contributed by atoms with Crippen molar-refractivity contribution in [1.82, 2.24) is 0 Å². The minimum atomic E-state index is -4.67. The second kappa shape index (κ2) is 154. The molecule has 0 bridgehead atoms. The standard InChI is InChI=1S/9C12H25.Li.H2O4S/c9*1-3-5-7-9-11-12-10-8-6-4-2;;1-5(2,3)4/h9*1,3-12H2,2H3;;(H2,1,2,3,4)/q9*-1;+1;. The molecule has 0 aromatic heterocycles. The fourth-order valence-corrected chi connectivity index (χ4v) is 13.4. The molecular weight excluding hydrogens is 1400 g/mol. The Hall–Kier alpha value is 0.467. The van der Waals surface area contributed by atoms with E-state index in [4.69, 9.17) is 17.5 Å². The van der Waals surface area contributed by atoms with Crippen LogP contribution in [0.3, 0.4) is 0 Å². The maximum atomic E-state index is 8.74. The molecule has 0 aromatic rings. The van der Waals surface area contributed by atoms with Gasteiger partial charge < -0.3 is 62.3 Å². The van der Waals surface area contributed by atoms with Gasteiger partial charge in [-0.05, 0) is 0 Å². The number of unbranched alkanes of at least 4 members (excludes halogenated alkanes) is 81. The molecule has 0 aliphatic carbocycles. The molecule has 0 radical (unpaired) electrons. The van der Waals surface area contributed by atoms with E-state index < -0.39 is 10.4 Å². The van der Waals surface area contributed by atoms with Crippen molar-refractivity contribution in [2.24, 2.45) is 0 Å². The van der Waals surface area contributed by atoms with E-state index in [2.05, 4.69) is 125 Å². The topological polar surface area (TPSA) is 74.6 Å². The van der Waals surface area contributed by atoms with E-state index in [-0.39, 0.29) is 18.9 Å². The van der Waals surface area contributed by atoms with Crippen molar-refractivity contribution >= 4 is 10.4 Å². The smallest absolute Gasteiger partial charge is 0.343 e. The summed E-state index contributed by atoms with van der Waals surface area (Å²) in [5, 5.41) is 0. The van der Waals surface area contributed by atoms with E-state index in [1.807, 2.05) is 0 Å². The van der Waals surface area contributed by atoms with Crippen LogP contribution in [-0.4, -0.2) is 17.5 Å². The van der Waals surface area contributed by atoms with E-state index >= 15 is 0 Å². The van der Waals surface area contributed by atoms with Crippen LogP contribution in [0.25, 0.3) is 0 Å². The maximum Gasteiger partial charge on any atom is 1.00 e. The normalized spacial score (nSPS) is 10.5. The Morgan fingerprint density at radius 1 is 0.132 bits per heavy atom. The first-order valence-corrected chi connectivity index (χ1v) is 53.5. The number of rotatable bonds is 81. The minimum absolute atomic E-state index is 0. The molecule has 0 aliphatic rings. The zero-order chi connectivity index (χ0) is 86.1. The molecule has 114 heavy (non-hydrogen) atoms. The Balaban J connectivity index is -0.000000115. The van der Waals surface area contributed by atoms with Gasteiger partial charge in [-0.1, -0.05) is 582 Å². The van der Waals surface area contributed by atoms with Gasteiger partial charge in [-0.2, -0.15) is 66.2 Å². The number of hydrogen-bond acceptors (Lipinski definition) is 2. The summed E-state index contributed by atoms with van der Waals surface area (Å²) in [6, 6.07) is 0. The summed E-state index contributed by atoms with van der Waals surface area (Å²) in [5.41, 5.74) is 0. The van der Waals surface area contributed by atoms with Crippen LogP contribution in [0, 0.1) is 62.3 Å². The van der Waals surface area contributed by atoms with E-state index in [0.29, 0.717) is 0 Å². The van der Waals surface area contributed by atoms with Crippen LogP contribution >= 0.6 is 0 Å². The van der Waals surface area contributed by atoms with Gasteiger partial charge in [-0.3, -0.25) is 9.11 Å². The van der Waals surface area contributed by atoms with Gasteiger partial charge in [0, 0.05) is 0 Å². The molecule has 0 aliphatic heterocycles. The molecule has 6 heteroatoms. The Kier molecular flexibility index (Phi) is 186. The zero-order valence-corrected chi connectivity index (χ0v) is 82.9. The SMILES string of the molecule is O=S(=O)(O)O.[CH2-]CCCCCCCCCCC.[CH2-]CCCCCCCCCCC.[CH2-]CCCCCCCCCCC.[CH2-]CCCCCCCCCCC.[CH2-]CCCCCCCCCCC.[CH2-]CCCCCCCCCCC.[CH2-]CCCCCCCCCCC.[CH2-]CCCCCCCCCCC.[CH2-]CCCCCCCCCCC.[Li+]. The fraction of sp³-hybridized carbons (Fsp3) is 0.917. The molecule has 698 valence electrons. The van der Waals surface area contributed by atoms with Crippen LogP contribution in [0.2, 0.25) is 0 Å².